The van der Waals surface area contributed by atoms with E-state index in [2.05, 4.69) is 18.7 Å². The summed E-state index contributed by atoms with van der Waals surface area (Å²) in [5.74, 6) is 3.19. The average Bonchev–Trinajstić information content (AvgIpc) is 3.12. The van der Waals surface area contributed by atoms with Crippen LogP contribution in [0.25, 0.3) is 0 Å². The number of amides is 1. The van der Waals surface area contributed by atoms with E-state index in [0.717, 1.165) is 68.6 Å². The topological polar surface area (TPSA) is 42.0 Å². The highest BCUT2D eigenvalue weighted by molar-refractivity contribution is 5.89. The first-order chi connectivity index (χ1) is 16.1. The number of para-hydroxylation sites is 2. The second kappa shape index (κ2) is 10.7. The largest absolute Gasteiger partial charge is 0.462 e. The van der Waals surface area contributed by atoms with Gasteiger partial charge in [-0.3, -0.25) is 4.79 Å². The highest BCUT2D eigenvalue weighted by Gasteiger charge is 2.46. The molecule has 1 amide bonds. The van der Waals surface area contributed by atoms with Gasteiger partial charge in [-0.2, -0.15) is 0 Å². The molecule has 1 aliphatic carbocycles. The lowest BCUT2D eigenvalue weighted by atomic mass is 9.81. The molecule has 5 nitrogen and oxygen atoms in total. The number of carbonyl (C=O) groups excluding carboxylic acids is 1. The SMILES string of the molecule is CCN(CC)CCCN1CCC2(C=C(Oc3ccccc3)CC(Oc3ccccc3)=C2)C1=O. The fourth-order valence-electron chi connectivity index (χ4n) is 4.63. The number of hydrogen-bond donors (Lipinski definition) is 0. The van der Waals surface area contributed by atoms with Crippen LogP contribution >= 0.6 is 0 Å². The first-order valence-corrected chi connectivity index (χ1v) is 12.0. The minimum Gasteiger partial charge on any atom is -0.462 e. The van der Waals surface area contributed by atoms with E-state index in [9.17, 15) is 4.79 Å². The average molecular weight is 447 g/mol. The molecule has 0 saturated carbocycles. The smallest absolute Gasteiger partial charge is 0.236 e. The van der Waals surface area contributed by atoms with E-state index < -0.39 is 5.41 Å². The van der Waals surface area contributed by atoms with E-state index in [1.54, 1.807) is 0 Å². The Morgan fingerprint density at radius 2 is 1.42 bits per heavy atom. The summed E-state index contributed by atoms with van der Waals surface area (Å²) in [6.45, 7) is 8.99. The Labute approximate surface area is 197 Å². The van der Waals surface area contributed by atoms with Gasteiger partial charge >= 0.3 is 0 Å². The highest BCUT2D eigenvalue weighted by Crippen LogP contribution is 2.42. The van der Waals surface area contributed by atoms with Gasteiger partial charge in [-0.25, -0.2) is 0 Å². The molecule has 1 fully saturated rings. The summed E-state index contributed by atoms with van der Waals surface area (Å²) in [4.78, 5) is 18.0. The Balaban J connectivity index is 1.53. The standard InChI is InChI=1S/C28H34N2O3/c1-3-29(4-2)17-11-18-30-19-16-28(27(30)31)21-25(32-23-12-7-5-8-13-23)20-26(22-28)33-24-14-9-6-10-15-24/h5-10,12-15,21-22H,3-4,11,16-20H2,1-2H3. The fraction of sp³-hybridized carbons (Fsp3) is 0.393. The van der Waals surface area contributed by atoms with E-state index in [1.165, 1.54) is 0 Å². The van der Waals surface area contributed by atoms with Crippen LogP contribution in [0.2, 0.25) is 0 Å². The van der Waals surface area contributed by atoms with Gasteiger partial charge in [-0.05, 0) is 68.9 Å². The molecule has 4 rings (SSSR count). The molecule has 33 heavy (non-hydrogen) atoms. The van der Waals surface area contributed by atoms with Crippen LogP contribution in [-0.2, 0) is 4.79 Å². The normalized spacial score (nSPS) is 17.3. The van der Waals surface area contributed by atoms with Gasteiger partial charge in [0, 0.05) is 13.1 Å². The Hall–Kier alpha value is -3.05. The van der Waals surface area contributed by atoms with Gasteiger partial charge in [-0.1, -0.05) is 50.2 Å². The molecule has 1 aliphatic heterocycles. The number of likely N-dealkylation sites (tertiary alicyclic amines) is 1. The lowest BCUT2D eigenvalue weighted by Gasteiger charge is -2.28. The van der Waals surface area contributed by atoms with Crippen molar-refractivity contribution in [2.75, 3.05) is 32.7 Å². The van der Waals surface area contributed by atoms with Crippen molar-refractivity contribution < 1.29 is 14.3 Å². The zero-order chi connectivity index (χ0) is 23.1. The maximum atomic E-state index is 13.6. The lowest BCUT2D eigenvalue weighted by molar-refractivity contribution is -0.132. The van der Waals surface area contributed by atoms with Crippen molar-refractivity contribution >= 4 is 5.91 Å². The van der Waals surface area contributed by atoms with Crippen molar-refractivity contribution in [3.8, 4) is 11.5 Å². The van der Waals surface area contributed by atoms with Crippen LogP contribution in [0.1, 0.15) is 33.1 Å². The summed E-state index contributed by atoms with van der Waals surface area (Å²) in [5, 5.41) is 0. The first-order valence-electron chi connectivity index (χ1n) is 12.0. The number of benzene rings is 2. The molecule has 1 heterocycles. The van der Waals surface area contributed by atoms with E-state index in [0.29, 0.717) is 6.42 Å². The van der Waals surface area contributed by atoms with Gasteiger partial charge in [0.15, 0.2) is 0 Å². The molecule has 2 aromatic rings. The van der Waals surface area contributed by atoms with Crippen molar-refractivity contribution in [3.05, 3.63) is 84.3 Å². The molecular weight excluding hydrogens is 412 g/mol. The highest BCUT2D eigenvalue weighted by atomic mass is 16.5. The first kappa shape index (κ1) is 23.1. The van der Waals surface area contributed by atoms with Gasteiger partial charge in [-0.15, -0.1) is 0 Å². The van der Waals surface area contributed by atoms with Crippen LogP contribution in [0.4, 0.5) is 0 Å². The van der Waals surface area contributed by atoms with Crippen LogP contribution in [0.5, 0.6) is 11.5 Å². The summed E-state index contributed by atoms with van der Waals surface area (Å²) in [7, 11) is 0. The predicted molar refractivity (Wildman–Crippen MR) is 131 cm³/mol. The van der Waals surface area contributed by atoms with Crippen molar-refractivity contribution in [2.24, 2.45) is 5.41 Å². The Morgan fingerprint density at radius 1 is 0.879 bits per heavy atom. The second-order valence-corrected chi connectivity index (χ2v) is 8.69. The number of hydrogen-bond acceptors (Lipinski definition) is 4. The molecule has 0 atom stereocenters. The van der Waals surface area contributed by atoms with Crippen molar-refractivity contribution in [3.63, 3.8) is 0 Å². The Bertz CT molecular complexity index is 923. The van der Waals surface area contributed by atoms with Crippen LogP contribution < -0.4 is 9.47 Å². The van der Waals surface area contributed by atoms with Crippen LogP contribution in [-0.4, -0.2) is 48.4 Å². The molecule has 1 saturated heterocycles. The molecule has 174 valence electrons. The summed E-state index contributed by atoms with van der Waals surface area (Å²) in [6.07, 6.45) is 6.27. The Kier molecular flexibility index (Phi) is 7.50. The van der Waals surface area contributed by atoms with Crippen molar-refractivity contribution in [1.82, 2.24) is 9.80 Å². The minimum absolute atomic E-state index is 0.144. The monoisotopic (exact) mass is 446 g/mol. The third-order valence-corrected chi connectivity index (χ3v) is 6.45. The fourth-order valence-corrected chi connectivity index (χ4v) is 4.63. The van der Waals surface area contributed by atoms with Crippen molar-refractivity contribution in [1.29, 1.82) is 0 Å². The van der Waals surface area contributed by atoms with Gasteiger partial charge in [0.2, 0.25) is 5.91 Å². The molecule has 0 radical (unpaired) electrons. The molecule has 0 N–H and O–H groups in total. The van der Waals surface area contributed by atoms with Crippen LogP contribution in [0, 0.1) is 5.41 Å². The number of ether oxygens (including phenoxy) is 2. The summed E-state index contributed by atoms with van der Waals surface area (Å²) < 4.78 is 12.4. The molecule has 1 spiro atoms. The molecular formula is C28H34N2O3. The zero-order valence-electron chi connectivity index (χ0n) is 19.7. The van der Waals surface area contributed by atoms with Gasteiger partial charge < -0.3 is 19.3 Å². The Morgan fingerprint density at radius 3 is 1.94 bits per heavy atom. The third kappa shape index (κ3) is 5.66. The molecule has 0 aromatic heterocycles. The maximum absolute atomic E-state index is 13.6. The number of rotatable bonds is 10. The second-order valence-electron chi connectivity index (χ2n) is 8.69. The van der Waals surface area contributed by atoms with Crippen molar-refractivity contribution in [2.45, 2.75) is 33.1 Å². The van der Waals surface area contributed by atoms with Crippen LogP contribution in [0.15, 0.2) is 84.3 Å². The molecule has 2 aliphatic rings. The summed E-state index contributed by atoms with van der Waals surface area (Å²) in [6, 6.07) is 19.4. The van der Waals surface area contributed by atoms with E-state index in [1.807, 2.05) is 77.7 Å². The minimum atomic E-state index is -0.707. The maximum Gasteiger partial charge on any atom is 0.236 e. The van der Waals surface area contributed by atoms with E-state index in [4.69, 9.17) is 9.47 Å². The van der Waals surface area contributed by atoms with Gasteiger partial charge in [0.25, 0.3) is 0 Å². The lowest BCUT2D eigenvalue weighted by Crippen LogP contribution is -2.36. The third-order valence-electron chi connectivity index (χ3n) is 6.45. The van der Waals surface area contributed by atoms with Crippen LogP contribution in [0.3, 0.4) is 0 Å². The summed E-state index contributed by atoms with van der Waals surface area (Å²) in [5.41, 5.74) is -0.707. The summed E-state index contributed by atoms with van der Waals surface area (Å²) >= 11 is 0. The quantitative estimate of drug-likeness (QED) is 0.499. The molecule has 5 heteroatoms. The molecule has 0 bridgehead atoms. The van der Waals surface area contributed by atoms with E-state index in [-0.39, 0.29) is 5.91 Å². The molecule has 0 unspecified atom stereocenters. The number of nitrogens with zero attached hydrogens (tertiary/aromatic N) is 2. The predicted octanol–water partition coefficient (Wildman–Crippen LogP) is 5.27. The van der Waals surface area contributed by atoms with Gasteiger partial charge in [0.1, 0.15) is 23.0 Å². The number of carbonyl (C=O) groups is 1. The van der Waals surface area contributed by atoms with Gasteiger partial charge in [0.05, 0.1) is 11.8 Å². The molecule has 2 aromatic carbocycles. The van der Waals surface area contributed by atoms with E-state index >= 15 is 0 Å². The zero-order valence-corrected chi connectivity index (χ0v) is 19.7.